The van der Waals surface area contributed by atoms with Crippen LogP contribution in [0, 0.1) is 16.2 Å². The second-order valence-corrected chi connectivity index (χ2v) is 10.0. The van der Waals surface area contributed by atoms with Crippen molar-refractivity contribution >= 4 is 18.1 Å². The summed E-state index contributed by atoms with van der Waals surface area (Å²) in [6.45, 7) is 5.80. The molecule has 0 saturated heterocycles. The molecule has 1 fully saturated rings. The molecule has 1 amide bonds. The molecule has 31 heavy (non-hydrogen) atoms. The minimum absolute atomic E-state index is 0.195. The smallest absolute Gasteiger partial charge is 0.223 e. The molecule has 5 nitrogen and oxygen atoms in total. The summed E-state index contributed by atoms with van der Waals surface area (Å²) in [4.78, 5) is 29.5. The van der Waals surface area contributed by atoms with Crippen LogP contribution in [0.4, 0.5) is 0 Å². The molecule has 2 N–H and O–H groups in total. The van der Waals surface area contributed by atoms with Crippen molar-refractivity contribution in [3.8, 4) is 0 Å². The molecule has 162 valence electrons. The van der Waals surface area contributed by atoms with Gasteiger partial charge in [-0.25, -0.2) is 4.99 Å². The number of aliphatic imine (C=N–C) groups is 1. The van der Waals surface area contributed by atoms with Gasteiger partial charge >= 0.3 is 0 Å². The fourth-order valence-corrected chi connectivity index (χ4v) is 5.74. The average Bonchev–Trinajstić information content (AvgIpc) is 3.21. The highest BCUT2D eigenvalue weighted by Gasteiger charge is 2.56. The van der Waals surface area contributed by atoms with E-state index in [9.17, 15) is 9.59 Å². The lowest BCUT2D eigenvalue weighted by Crippen LogP contribution is -2.51. The van der Waals surface area contributed by atoms with E-state index in [1.807, 2.05) is 69.3 Å². The summed E-state index contributed by atoms with van der Waals surface area (Å²) in [6.07, 6.45) is 2.20. The van der Waals surface area contributed by atoms with Gasteiger partial charge < -0.3 is 15.3 Å². The van der Waals surface area contributed by atoms with Crippen LogP contribution in [0.15, 0.2) is 65.7 Å². The van der Waals surface area contributed by atoms with Crippen LogP contribution in [0.3, 0.4) is 0 Å². The number of carbonyl (C=O) groups excluding carboxylic acids is 2. The first kappa shape index (κ1) is 21.3. The molecule has 5 heteroatoms. The number of primary amides is 1. The Morgan fingerprint density at radius 3 is 2.10 bits per heavy atom. The van der Waals surface area contributed by atoms with Gasteiger partial charge in [-0.05, 0) is 30.4 Å². The summed E-state index contributed by atoms with van der Waals surface area (Å²) in [5.74, 6) is 0.222. The summed E-state index contributed by atoms with van der Waals surface area (Å²) in [5, 5.41) is 0. The van der Waals surface area contributed by atoms with E-state index < -0.39 is 16.2 Å². The lowest BCUT2D eigenvalue weighted by atomic mass is 9.54. The van der Waals surface area contributed by atoms with Crippen molar-refractivity contribution in [2.75, 3.05) is 0 Å². The Morgan fingerprint density at radius 2 is 1.55 bits per heavy atom. The maximum Gasteiger partial charge on any atom is 0.223 e. The number of aldehydes is 1. The maximum absolute atomic E-state index is 12.4. The first-order valence-electron chi connectivity index (χ1n) is 10.8. The highest BCUT2D eigenvalue weighted by molar-refractivity contribution is 5.88. The second-order valence-electron chi connectivity index (χ2n) is 10.0. The molecule has 0 aromatic heterocycles. The molecule has 2 aromatic rings. The van der Waals surface area contributed by atoms with Gasteiger partial charge in [0.15, 0.2) is 12.0 Å². The molecule has 2 aliphatic rings. The second kappa shape index (κ2) is 7.63. The van der Waals surface area contributed by atoms with Gasteiger partial charge in [-0.1, -0.05) is 81.4 Å². The summed E-state index contributed by atoms with van der Waals surface area (Å²) < 4.78 is 6.55. The maximum atomic E-state index is 12.4. The van der Waals surface area contributed by atoms with E-state index in [0.29, 0.717) is 25.2 Å². The van der Waals surface area contributed by atoms with Gasteiger partial charge in [0, 0.05) is 16.2 Å². The van der Waals surface area contributed by atoms with E-state index in [4.69, 9.17) is 15.5 Å². The number of ether oxygens (including phenoxy) is 1. The quantitative estimate of drug-likeness (QED) is 0.709. The monoisotopic (exact) mass is 418 g/mol. The SMILES string of the molecule is CC1(C=O)CC(C)(C(N)=O)CC(C)(C2=N[C@@H](c3ccccc3)[C@H](c3ccccc3)O2)C1. The van der Waals surface area contributed by atoms with Crippen molar-refractivity contribution in [2.45, 2.75) is 52.2 Å². The number of amides is 1. The molecule has 0 radical (unpaired) electrons. The third-order valence-corrected chi connectivity index (χ3v) is 6.81. The zero-order valence-corrected chi connectivity index (χ0v) is 18.4. The first-order valence-corrected chi connectivity index (χ1v) is 10.8. The molecule has 4 rings (SSSR count). The summed E-state index contributed by atoms with van der Waals surface area (Å²) >= 11 is 0. The average molecular weight is 419 g/mol. The van der Waals surface area contributed by atoms with Gasteiger partial charge in [0.1, 0.15) is 12.3 Å². The predicted octanol–water partition coefficient (Wildman–Crippen LogP) is 4.78. The number of benzene rings is 2. The molecule has 5 atom stereocenters. The Labute approximate surface area is 183 Å². The fraction of sp³-hybridized carbons (Fsp3) is 0.423. The minimum atomic E-state index is -0.804. The van der Waals surface area contributed by atoms with Crippen LogP contribution >= 0.6 is 0 Å². The summed E-state index contributed by atoms with van der Waals surface area (Å²) in [6, 6.07) is 20.0. The van der Waals surface area contributed by atoms with Gasteiger partial charge in [0.2, 0.25) is 5.91 Å². The highest BCUT2D eigenvalue weighted by atomic mass is 16.5. The lowest BCUT2D eigenvalue weighted by molar-refractivity contribution is -0.137. The van der Waals surface area contributed by atoms with Crippen LogP contribution in [0.5, 0.6) is 0 Å². The van der Waals surface area contributed by atoms with E-state index >= 15 is 0 Å². The van der Waals surface area contributed by atoms with E-state index in [1.165, 1.54) is 0 Å². The molecule has 1 saturated carbocycles. The van der Waals surface area contributed by atoms with Crippen molar-refractivity contribution in [1.29, 1.82) is 0 Å². The lowest BCUT2D eigenvalue weighted by Gasteiger charge is -2.49. The number of hydrogen-bond acceptors (Lipinski definition) is 4. The molecule has 0 spiro atoms. The number of rotatable bonds is 5. The van der Waals surface area contributed by atoms with Crippen LogP contribution in [0.2, 0.25) is 0 Å². The van der Waals surface area contributed by atoms with E-state index in [0.717, 1.165) is 17.4 Å². The molecular weight excluding hydrogens is 388 g/mol. The van der Waals surface area contributed by atoms with Gasteiger partial charge in [-0.15, -0.1) is 0 Å². The number of hydrogen-bond donors (Lipinski definition) is 1. The van der Waals surface area contributed by atoms with E-state index in [-0.39, 0.29) is 18.1 Å². The van der Waals surface area contributed by atoms with Crippen molar-refractivity contribution in [3.05, 3.63) is 71.8 Å². The van der Waals surface area contributed by atoms with Crippen molar-refractivity contribution < 1.29 is 14.3 Å². The fourth-order valence-electron chi connectivity index (χ4n) is 5.74. The van der Waals surface area contributed by atoms with Gasteiger partial charge in [-0.2, -0.15) is 0 Å². The van der Waals surface area contributed by atoms with Crippen molar-refractivity contribution in [2.24, 2.45) is 27.0 Å². The molecule has 0 bridgehead atoms. The van der Waals surface area contributed by atoms with Gasteiger partial charge in [0.05, 0.1) is 0 Å². The van der Waals surface area contributed by atoms with Gasteiger partial charge in [0.25, 0.3) is 0 Å². The molecule has 2 aromatic carbocycles. The Morgan fingerprint density at radius 1 is 0.968 bits per heavy atom. The molecule has 1 heterocycles. The van der Waals surface area contributed by atoms with Crippen LogP contribution in [0.25, 0.3) is 0 Å². The minimum Gasteiger partial charge on any atom is -0.470 e. The van der Waals surface area contributed by atoms with Crippen LogP contribution in [0.1, 0.15) is 63.3 Å². The molecule has 1 aliphatic heterocycles. The Kier molecular flexibility index (Phi) is 5.24. The normalized spacial score (nSPS) is 35.1. The summed E-state index contributed by atoms with van der Waals surface area (Å²) in [7, 11) is 0. The largest absolute Gasteiger partial charge is 0.470 e. The van der Waals surface area contributed by atoms with Crippen LogP contribution in [-0.2, 0) is 14.3 Å². The van der Waals surface area contributed by atoms with E-state index in [1.54, 1.807) is 0 Å². The zero-order chi connectivity index (χ0) is 22.3. The Hall–Kier alpha value is -2.95. The molecule has 1 aliphatic carbocycles. The zero-order valence-electron chi connectivity index (χ0n) is 18.4. The third kappa shape index (κ3) is 3.89. The Balaban J connectivity index is 1.77. The standard InChI is InChI=1S/C26H30N2O3/c1-24(17-29)14-25(2,22(27)30)16-26(3,15-24)23-28-20(18-10-6-4-7-11-18)21(31-23)19-12-8-5-9-13-19/h4-13,17,20-21H,14-16H2,1-3H3,(H2,27,30)/t20-,21-,24?,25?,26?/m0/s1. The topological polar surface area (TPSA) is 81.8 Å². The van der Waals surface area contributed by atoms with Crippen LogP contribution < -0.4 is 5.73 Å². The van der Waals surface area contributed by atoms with Crippen LogP contribution in [-0.4, -0.2) is 18.1 Å². The number of carbonyl (C=O) groups is 2. The first-order chi connectivity index (χ1) is 14.7. The van der Waals surface area contributed by atoms with Crippen molar-refractivity contribution in [3.63, 3.8) is 0 Å². The number of nitrogens with zero attached hydrogens (tertiary/aromatic N) is 1. The van der Waals surface area contributed by atoms with Crippen molar-refractivity contribution in [1.82, 2.24) is 0 Å². The Bertz CT molecular complexity index is 1010. The third-order valence-electron chi connectivity index (χ3n) is 6.81. The highest BCUT2D eigenvalue weighted by Crippen LogP contribution is 2.56. The van der Waals surface area contributed by atoms with Gasteiger partial charge in [-0.3, -0.25) is 4.79 Å². The summed E-state index contributed by atoms with van der Waals surface area (Å²) in [5.41, 5.74) is 5.87. The predicted molar refractivity (Wildman–Crippen MR) is 120 cm³/mol. The van der Waals surface area contributed by atoms with E-state index in [2.05, 4.69) is 12.1 Å². The number of nitrogens with two attached hydrogens (primary N) is 1. The molecule has 3 unspecified atom stereocenters. The molecular formula is C26H30N2O3.